The fraction of sp³-hybridized carbons (Fsp3) is 0.917. The van der Waals surface area contributed by atoms with Crippen LogP contribution < -0.4 is 0 Å². The number of carbonyl (C=O) groups is 1. The van der Waals surface area contributed by atoms with E-state index in [-0.39, 0.29) is 24.4 Å². The molecule has 0 bridgehead atoms. The molecular formula is C12H24ClNO2. The van der Waals surface area contributed by atoms with E-state index in [9.17, 15) is 4.79 Å². The van der Waals surface area contributed by atoms with Gasteiger partial charge >= 0.3 is 5.97 Å². The van der Waals surface area contributed by atoms with Crippen molar-refractivity contribution in [2.24, 2.45) is 0 Å². The normalized spacial score (nSPS) is 24.1. The molecule has 1 rings (SSSR count). The van der Waals surface area contributed by atoms with Crippen LogP contribution in [0.3, 0.4) is 0 Å². The molecule has 0 spiro atoms. The van der Waals surface area contributed by atoms with Crippen LogP contribution in [0.1, 0.15) is 46.5 Å². The third kappa shape index (κ3) is 4.30. The quantitative estimate of drug-likeness (QED) is 0.721. The highest BCUT2D eigenvalue weighted by atomic mass is 35.5. The zero-order valence-electron chi connectivity index (χ0n) is 10.6. The van der Waals surface area contributed by atoms with Gasteiger partial charge < -0.3 is 4.74 Å². The first-order chi connectivity index (χ1) is 7.16. The first-order valence-electron chi connectivity index (χ1n) is 6.09. The molecule has 0 aromatic carbocycles. The molecule has 1 fully saturated rings. The third-order valence-corrected chi connectivity index (χ3v) is 3.23. The van der Waals surface area contributed by atoms with E-state index in [0.29, 0.717) is 12.6 Å². The second-order valence-corrected chi connectivity index (χ2v) is 4.36. The molecule has 0 N–H and O–H groups in total. The molecule has 3 nitrogen and oxygen atoms in total. The molecule has 1 aliphatic heterocycles. The van der Waals surface area contributed by atoms with Gasteiger partial charge in [0.15, 0.2) is 0 Å². The molecule has 0 aliphatic carbocycles. The van der Waals surface area contributed by atoms with Gasteiger partial charge in [0.05, 0.1) is 6.61 Å². The Morgan fingerprint density at radius 3 is 2.75 bits per heavy atom. The van der Waals surface area contributed by atoms with Crippen LogP contribution in [0.15, 0.2) is 0 Å². The van der Waals surface area contributed by atoms with Crippen LogP contribution in [0.5, 0.6) is 0 Å². The monoisotopic (exact) mass is 249 g/mol. The van der Waals surface area contributed by atoms with Crippen LogP contribution in [0, 0.1) is 0 Å². The van der Waals surface area contributed by atoms with Crippen LogP contribution in [0.2, 0.25) is 0 Å². The van der Waals surface area contributed by atoms with Gasteiger partial charge in [-0.3, -0.25) is 9.69 Å². The smallest absolute Gasteiger partial charge is 0.323 e. The van der Waals surface area contributed by atoms with E-state index in [4.69, 9.17) is 4.74 Å². The van der Waals surface area contributed by atoms with Gasteiger partial charge in [0.25, 0.3) is 0 Å². The van der Waals surface area contributed by atoms with Crippen molar-refractivity contribution in [2.45, 2.75) is 58.5 Å². The molecule has 1 aliphatic rings. The number of hydrogen-bond donors (Lipinski definition) is 0. The summed E-state index contributed by atoms with van der Waals surface area (Å²) in [5, 5.41) is 0. The summed E-state index contributed by atoms with van der Waals surface area (Å²) in [5.41, 5.74) is 0. The molecule has 1 saturated heterocycles. The lowest BCUT2D eigenvalue weighted by Crippen LogP contribution is -2.45. The molecule has 0 amide bonds. The van der Waals surface area contributed by atoms with Gasteiger partial charge in [0.2, 0.25) is 0 Å². The summed E-state index contributed by atoms with van der Waals surface area (Å²) in [6.07, 6.45) is 4.97. The summed E-state index contributed by atoms with van der Waals surface area (Å²) in [7, 11) is 0. The standard InChI is InChI=1S/C12H23NO2.ClH/c1-4-15-12(14)11(3)13-9-7-5-6-8-10(13)2;/h10-11H,4-9H2,1-3H3;1H. The number of rotatable bonds is 3. The van der Waals surface area contributed by atoms with Gasteiger partial charge in [-0.25, -0.2) is 0 Å². The van der Waals surface area contributed by atoms with Gasteiger partial charge in [-0.1, -0.05) is 12.8 Å². The second-order valence-electron chi connectivity index (χ2n) is 4.36. The SMILES string of the molecule is CCOC(=O)C(C)N1CCCCCC1C.Cl. The van der Waals surface area contributed by atoms with Gasteiger partial charge in [-0.2, -0.15) is 0 Å². The summed E-state index contributed by atoms with van der Waals surface area (Å²) < 4.78 is 5.07. The molecule has 1 heterocycles. The molecule has 0 saturated carbocycles. The maximum Gasteiger partial charge on any atom is 0.323 e. The van der Waals surface area contributed by atoms with Crippen molar-refractivity contribution in [3.05, 3.63) is 0 Å². The zero-order chi connectivity index (χ0) is 11.3. The van der Waals surface area contributed by atoms with E-state index in [2.05, 4.69) is 11.8 Å². The Labute approximate surface area is 105 Å². The zero-order valence-corrected chi connectivity index (χ0v) is 11.4. The Bertz CT molecular complexity index is 211. The van der Waals surface area contributed by atoms with Crippen molar-refractivity contribution in [1.29, 1.82) is 0 Å². The van der Waals surface area contributed by atoms with Crippen molar-refractivity contribution in [3.63, 3.8) is 0 Å². The Kier molecular flexibility index (Phi) is 7.77. The minimum Gasteiger partial charge on any atom is -0.465 e. The summed E-state index contributed by atoms with van der Waals surface area (Å²) in [4.78, 5) is 13.9. The lowest BCUT2D eigenvalue weighted by Gasteiger charge is -2.31. The van der Waals surface area contributed by atoms with Crippen LogP contribution >= 0.6 is 12.4 Å². The van der Waals surface area contributed by atoms with Crippen molar-refractivity contribution < 1.29 is 9.53 Å². The predicted molar refractivity (Wildman–Crippen MR) is 68.0 cm³/mol. The minimum absolute atomic E-state index is 0. The van der Waals surface area contributed by atoms with Crippen molar-refractivity contribution >= 4 is 18.4 Å². The van der Waals surface area contributed by atoms with E-state index in [1.54, 1.807) is 0 Å². The molecule has 2 unspecified atom stereocenters. The number of ether oxygens (including phenoxy) is 1. The summed E-state index contributed by atoms with van der Waals surface area (Å²) in [5.74, 6) is -0.0775. The molecule has 2 atom stereocenters. The number of carbonyl (C=O) groups excluding carboxylic acids is 1. The maximum atomic E-state index is 11.6. The molecule has 0 aromatic heterocycles. The van der Waals surface area contributed by atoms with E-state index >= 15 is 0 Å². The lowest BCUT2D eigenvalue weighted by molar-refractivity contribution is -0.149. The molecule has 4 heteroatoms. The maximum absolute atomic E-state index is 11.6. The highest BCUT2D eigenvalue weighted by molar-refractivity contribution is 5.85. The first-order valence-corrected chi connectivity index (χ1v) is 6.09. The molecule has 96 valence electrons. The molecular weight excluding hydrogens is 226 g/mol. The van der Waals surface area contributed by atoms with Gasteiger partial charge in [0, 0.05) is 6.04 Å². The highest BCUT2D eigenvalue weighted by Crippen LogP contribution is 2.19. The Morgan fingerprint density at radius 2 is 2.12 bits per heavy atom. The van der Waals surface area contributed by atoms with E-state index < -0.39 is 0 Å². The average molecular weight is 250 g/mol. The Morgan fingerprint density at radius 1 is 1.44 bits per heavy atom. The average Bonchev–Trinajstić information content (AvgIpc) is 2.42. The van der Waals surface area contributed by atoms with E-state index in [1.807, 2.05) is 13.8 Å². The van der Waals surface area contributed by atoms with Crippen LogP contribution in [-0.2, 0) is 9.53 Å². The van der Waals surface area contributed by atoms with Crippen LogP contribution in [-0.4, -0.2) is 36.1 Å². The Hall–Kier alpha value is -0.280. The number of likely N-dealkylation sites (tertiary alicyclic amines) is 1. The molecule has 16 heavy (non-hydrogen) atoms. The van der Waals surface area contributed by atoms with E-state index in [1.165, 1.54) is 25.7 Å². The van der Waals surface area contributed by atoms with Gasteiger partial charge in [0.1, 0.15) is 6.04 Å². The van der Waals surface area contributed by atoms with Crippen molar-refractivity contribution in [1.82, 2.24) is 4.90 Å². The van der Waals surface area contributed by atoms with Crippen LogP contribution in [0.25, 0.3) is 0 Å². The Balaban J connectivity index is 0.00000225. The fourth-order valence-corrected chi connectivity index (χ4v) is 2.27. The third-order valence-electron chi connectivity index (χ3n) is 3.23. The van der Waals surface area contributed by atoms with Crippen molar-refractivity contribution in [2.75, 3.05) is 13.2 Å². The van der Waals surface area contributed by atoms with Gasteiger partial charge in [-0.15, -0.1) is 12.4 Å². The lowest BCUT2D eigenvalue weighted by atomic mass is 10.1. The number of nitrogens with zero attached hydrogens (tertiary/aromatic N) is 1. The van der Waals surface area contributed by atoms with Crippen LogP contribution in [0.4, 0.5) is 0 Å². The number of hydrogen-bond acceptors (Lipinski definition) is 3. The minimum atomic E-state index is -0.0851. The summed E-state index contributed by atoms with van der Waals surface area (Å²) >= 11 is 0. The number of esters is 1. The highest BCUT2D eigenvalue weighted by Gasteiger charge is 2.27. The van der Waals surface area contributed by atoms with Gasteiger partial charge in [-0.05, 0) is 40.2 Å². The summed E-state index contributed by atoms with van der Waals surface area (Å²) in [6.45, 7) is 7.53. The second kappa shape index (κ2) is 7.91. The summed E-state index contributed by atoms with van der Waals surface area (Å²) in [6, 6.07) is 0.421. The predicted octanol–water partition coefficient (Wildman–Crippen LogP) is 2.62. The van der Waals surface area contributed by atoms with E-state index in [0.717, 1.165) is 6.54 Å². The first kappa shape index (κ1) is 15.7. The topological polar surface area (TPSA) is 29.5 Å². The van der Waals surface area contributed by atoms with Crippen molar-refractivity contribution in [3.8, 4) is 0 Å². The largest absolute Gasteiger partial charge is 0.465 e. The molecule has 0 aromatic rings. The number of halogens is 1. The molecule has 0 radical (unpaired) electrons. The fourth-order valence-electron chi connectivity index (χ4n) is 2.27.